The van der Waals surface area contributed by atoms with Crippen molar-refractivity contribution in [1.82, 2.24) is 9.80 Å². The maximum absolute atomic E-state index is 5.55. The van der Waals surface area contributed by atoms with Crippen LogP contribution in [0.5, 0.6) is 0 Å². The van der Waals surface area contributed by atoms with Crippen LogP contribution >= 0.6 is 0 Å². The van der Waals surface area contributed by atoms with E-state index in [9.17, 15) is 0 Å². The van der Waals surface area contributed by atoms with Gasteiger partial charge in [-0.25, -0.2) is 0 Å². The van der Waals surface area contributed by atoms with Gasteiger partial charge in [-0.15, -0.1) is 0 Å². The van der Waals surface area contributed by atoms with E-state index in [0.717, 1.165) is 19.1 Å². The molecule has 2 fully saturated rings. The van der Waals surface area contributed by atoms with Crippen molar-refractivity contribution in [2.24, 2.45) is 11.1 Å². The number of hydrogen-bond donors (Lipinski definition) is 1. The lowest BCUT2D eigenvalue weighted by atomic mass is 9.79. The van der Waals surface area contributed by atoms with E-state index in [1.165, 1.54) is 32.6 Å². The summed E-state index contributed by atoms with van der Waals surface area (Å²) in [6.07, 6.45) is 1.40. The van der Waals surface area contributed by atoms with Crippen molar-refractivity contribution in [2.75, 3.05) is 39.3 Å². The fraction of sp³-hybridized carbons (Fsp3) is 1.00. The maximum Gasteiger partial charge on any atom is 0.0105 e. The summed E-state index contributed by atoms with van der Waals surface area (Å²) in [5, 5.41) is 0. The molecule has 1 spiro atoms. The van der Waals surface area contributed by atoms with Crippen molar-refractivity contribution in [3.05, 3.63) is 0 Å². The van der Waals surface area contributed by atoms with Gasteiger partial charge in [0.25, 0.3) is 0 Å². The highest BCUT2D eigenvalue weighted by Crippen LogP contribution is 2.39. The van der Waals surface area contributed by atoms with Crippen LogP contribution in [0.3, 0.4) is 0 Å². The highest BCUT2D eigenvalue weighted by molar-refractivity contribution is 5.01. The van der Waals surface area contributed by atoms with Crippen LogP contribution in [0.1, 0.15) is 20.3 Å². The molecule has 0 saturated carbocycles. The molecule has 0 amide bonds. The monoisotopic (exact) mass is 197 g/mol. The number of rotatable bonds is 3. The van der Waals surface area contributed by atoms with Crippen LogP contribution in [-0.4, -0.2) is 55.1 Å². The second kappa shape index (κ2) is 3.80. The summed E-state index contributed by atoms with van der Waals surface area (Å²) in [5.41, 5.74) is 6.19. The van der Waals surface area contributed by atoms with Crippen LogP contribution in [0, 0.1) is 5.41 Å². The molecule has 2 rings (SSSR count). The topological polar surface area (TPSA) is 32.5 Å². The van der Waals surface area contributed by atoms with Crippen molar-refractivity contribution in [1.29, 1.82) is 0 Å². The van der Waals surface area contributed by atoms with Crippen LogP contribution in [0.2, 0.25) is 0 Å². The van der Waals surface area contributed by atoms with Gasteiger partial charge in [-0.2, -0.15) is 0 Å². The Kier molecular flexibility index (Phi) is 2.82. The first-order valence-electron chi connectivity index (χ1n) is 5.82. The number of nitrogens with two attached hydrogens (primary N) is 1. The fourth-order valence-electron chi connectivity index (χ4n) is 2.91. The van der Waals surface area contributed by atoms with Crippen molar-refractivity contribution < 1.29 is 0 Å². The van der Waals surface area contributed by atoms with Gasteiger partial charge < -0.3 is 15.5 Å². The van der Waals surface area contributed by atoms with E-state index in [4.69, 9.17) is 5.73 Å². The smallest absolute Gasteiger partial charge is 0.0105 e. The molecule has 3 nitrogen and oxygen atoms in total. The summed E-state index contributed by atoms with van der Waals surface area (Å²) >= 11 is 0. The van der Waals surface area contributed by atoms with E-state index in [0.29, 0.717) is 5.41 Å². The zero-order valence-electron chi connectivity index (χ0n) is 9.50. The molecular formula is C11H23N3. The summed E-state index contributed by atoms with van der Waals surface area (Å²) in [7, 11) is 0. The molecule has 2 aliphatic rings. The Hall–Kier alpha value is -0.120. The zero-order valence-corrected chi connectivity index (χ0v) is 9.50. The van der Waals surface area contributed by atoms with Gasteiger partial charge in [-0.05, 0) is 26.8 Å². The average molecular weight is 197 g/mol. The summed E-state index contributed by atoms with van der Waals surface area (Å²) < 4.78 is 0. The number of hydrogen-bond acceptors (Lipinski definition) is 3. The minimum Gasteiger partial charge on any atom is -0.329 e. The molecule has 14 heavy (non-hydrogen) atoms. The highest BCUT2D eigenvalue weighted by atomic mass is 15.3. The van der Waals surface area contributed by atoms with Gasteiger partial charge in [0.2, 0.25) is 0 Å². The Morgan fingerprint density at radius 3 is 2.50 bits per heavy atom. The van der Waals surface area contributed by atoms with Crippen LogP contribution in [0.15, 0.2) is 0 Å². The van der Waals surface area contributed by atoms with Crippen molar-refractivity contribution >= 4 is 0 Å². The lowest BCUT2D eigenvalue weighted by Crippen LogP contribution is -2.58. The molecule has 82 valence electrons. The second-order valence-corrected chi connectivity index (χ2v) is 5.31. The fourth-order valence-corrected chi connectivity index (χ4v) is 2.91. The third-order valence-electron chi connectivity index (χ3n) is 3.76. The molecule has 0 unspecified atom stereocenters. The number of nitrogens with zero attached hydrogens (tertiary/aromatic N) is 2. The zero-order chi connectivity index (χ0) is 10.2. The molecule has 0 radical (unpaired) electrons. The summed E-state index contributed by atoms with van der Waals surface area (Å²) in [6, 6.07) is 0.720. The van der Waals surface area contributed by atoms with E-state index in [-0.39, 0.29) is 0 Å². The van der Waals surface area contributed by atoms with Gasteiger partial charge >= 0.3 is 0 Å². The molecule has 0 aromatic rings. The van der Waals surface area contributed by atoms with Gasteiger partial charge in [0.05, 0.1) is 0 Å². The predicted octanol–water partition coefficient (Wildman–Crippen LogP) is 0.361. The first-order chi connectivity index (χ1) is 6.65. The van der Waals surface area contributed by atoms with Gasteiger partial charge in [0, 0.05) is 44.2 Å². The Labute approximate surface area is 87.2 Å². The third-order valence-corrected chi connectivity index (χ3v) is 3.76. The lowest BCUT2D eigenvalue weighted by molar-refractivity contribution is 0.00894. The molecular weight excluding hydrogens is 174 g/mol. The molecule has 2 aliphatic heterocycles. The number of likely N-dealkylation sites (tertiary alicyclic amines) is 2. The molecule has 0 atom stereocenters. The predicted molar refractivity (Wildman–Crippen MR) is 59.3 cm³/mol. The molecule has 0 aromatic heterocycles. The normalized spacial score (nSPS) is 27.4. The minimum absolute atomic E-state index is 0.638. The highest BCUT2D eigenvalue weighted by Gasteiger charge is 2.47. The molecule has 2 saturated heterocycles. The van der Waals surface area contributed by atoms with Gasteiger partial charge in [-0.3, -0.25) is 0 Å². The van der Waals surface area contributed by atoms with E-state index >= 15 is 0 Å². The molecule has 3 heteroatoms. The van der Waals surface area contributed by atoms with Crippen molar-refractivity contribution in [3.63, 3.8) is 0 Å². The van der Waals surface area contributed by atoms with Gasteiger partial charge in [0.1, 0.15) is 0 Å². The van der Waals surface area contributed by atoms with E-state index < -0.39 is 0 Å². The lowest BCUT2D eigenvalue weighted by Gasteiger charge is -2.48. The van der Waals surface area contributed by atoms with Crippen LogP contribution in [0.25, 0.3) is 0 Å². The van der Waals surface area contributed by atoms with Crippen molar-refractivity contribution in [2.45, 2.75) is 26.3 Å². The summed E-state index contributed by atoms with van der Waals surface area (Å²) in [4.78, 5) is 5.10. The first kappa shape index (κ1) is 10.4. The van der Waals surface area contributed by atoms with Gasteiger partial charge in [0.15, 0.2) is 0 Å². The average Bonchev–Trinajstić information content (AvgIpc) is 2.48. The Balaban J connectivity index is 1.80. The summed E-state index contributed by atoms with van der Waals surface area (Å²) in [5.74, 6) is 0. The maximum atomic E-state index is 5.55. The molecule has 2 N–H and O–H groups in total. The molecule has 0 aromatic carbocycles. The van der Waals surface area contributed by atoms with E-state index in [1.807, 2.05) is 0 Å². The van der Waals surface area contributed by atoms with Gasteiger partial charge in [-0.1, -0.05) is 0 Å². The second-order valence-electron chi connectivity index (χ2n) is 5.31. The van der Waals surface area contributed by atoms with Crippen LogP contribution in [0.4, 0.5) is 0 Å². The summed E-state index contributed by atoms with van der Waals surface area (Å²) in [6.45, 7) is 11.7. The molecule has 2 heterocycles. The largest absolute Gasteiger partial charge is 0.329 e. The minimum atomic E-state index is 0.638. The van der Waals surface area contributed by atoms with E-state index in [1.54, 1.807) is 0 Å². The molecule has 0 bridgehead atoms. The first-order valence-corrected chi connectivity index (χ1v) is 5.82. The van der Waals surface area contributed by atoms with Crippen LogP contribution in [-0.2, 0) is 0 Å². The standard InChI is InChI=1S/C11H23N3/c1-10(2)14-5-3-11(9-14)7-13(8-11)6-4-12/h10H,3-9,12H2,1-2H3. The Morgan fingerprint density at radius 2 is 2.00 bits per heavy atom. The van der Waals surface area contributed by atoms with Crippen molar-refractivity contribution in [3.8, 4) is 0 Å². The SMILES string of the molecule is CC(C)N1CCC2(CN(CCN)C2)C1. The quantitative estimate of drug-likeness (QED) is 0.709. The molecule has 0 aliphatic carbocycles. The Bertz CT molecular complexity index is 197. The van der Waals surface area contributed by atoms with Crippen LogP contribution < -0.4 is 5.73 Å². The Morgan fingerprint density at radius 1 is 1.29 bits per heavy atom. The van der Waals surface area contributed by atoms with E-state index in [2.05, 4.69) is 23.6 Å². The third kappa shape index (κ3) is 1.81.